The van der Waals surface area contributed by atoms with Gasteiger partial charge in [-0.2, -0.15) is 0 Å². The van der Waals surface area contributed by atoms with E-state index in [2.05, 4.69) is 5.32 Å². The third-order valence-electron chi connectivity index (χ3n) is 5.21. The van der Waals surface area contributed by atoms with E-state index in [1.54, 1.807) is 59.5 Å². The molecule has 0 aliphatic carbocycles. The summed E-state index contributed by atoms with van der Waals surface area (Å²) in [5.41, 5.74) is 1.18. The minimum Gasteiger partial charge on any atom is -0.484 e. The first-order chi connectivity index (χ1) is 16.9. The highest BCUT2D eigenvalue weighted by Gasteiger charge is 2.36. The molecule has 35 heavy (non-hydrogen) atoms. The van der Waals surface area contributed by atoms with Gasteiger partial charge in [0.25, 0.3) is 17.1 Å². The summed E-state index contributed by atoms with van der Waals surface area (Å²) >= 11 is 6.60. The van der Waals surface area contributed by atoms with Crippen molar-refractivity contribution < 1.29 is 28.7 Å². The number of morpholine rings is 1. The Morgan fingerprint density at radius 2 is 1.74 bits per heavy atom. The van der Waals surface area contributed by atoms with Crippen molar-refractivity contribution in [3.63, 3.8) is 0 Å². The minimum atomic E-state index is -0.539. The molecule has 2 aliphatic rings. The van der Waals surface area contributed by atoms with Gasteiger partial charge < -0.3 is 19.7 Å². The van der Waals surface area contributed by atoms with Gasteiger partial charge in [-0.1, -0.05) is 23.7 Å². The van der Waals surface area contributed by atoms with Crippen LogP contribution in [0.5, 0.6) is 5.75 Å². The maximum Gasteiger partial charge on any atom is 0.294 e. The van der Waals surface area contributed by atoms with Crippen molar-refractivity contribution >= 4 is 58.1 Å². The lowest BCUT2D eigenvalue weighted by molar-refractivity contribution is -0.137. The molecule has 0 unspecified atom stereocenters. The first-order valence-corrected chi connectivity index (χ1v) is 12.0. The van der Waals surface area contributed by atoms with E-state index < -0.39 is 23.6 Å². The maximum absolute atomic E-state index is 12.7. The summed E-state index contributed by atoms with van der Waals surface area (Å²) in [5.74, 6) is -0.631. The second-order valence-corrected chi connectivity index (χ2v) is 9.10. The summed E-state index contributed by atoms with van der Waals surface area (Å²) in [6.07, 6.45) is 1.57. The van der Waals surface area contributed by atoms with Gasteiger partial charge in [0.05, 0.1) is 18.1 Å². The Hall–Kier alpha value is -3.34. The van der Waals surface area contributed by atoms with Crippen LogP contribution in [0.2, 0.25) is 5.02 Å². The van der Waals surface area contributed by atoms with Gasteiger partial charge in [-0.05, 0) is 59.8 Å². The van der Waals surface area contributed by atoms with E-state index in [1.807, 2.05) is 0 Å². The number of carbonyl (C=O) groups is 4. The lowest BCUT2D eigenvalue weighted by atomic mass is 10.2. The summed E-state index contributed by atoms with van der Waals surface area (Å²) < 4.78 is 10.8. The molecule has 11 heteroatoms. The number of nitrogens with zero attached hydrogens (tertiary/aromatic N) is 2. The number of rotatable bonds is 7. The second-order valence-electron chi connectivity index (χ2n) is 7.67. The van der Waals surface area contributed by atoms with Gasteiger partial charge in [-0.3, -0.25) is 24.1 Å². The Balaban J connectivity index is 1.31. The third-order valence-corrected chi connectivity index (χ3v) is 6.37. The molecule has 0 spiro atoms. The highest BCUT2D eigenvalue weighted by atomic mass is 35.5. The molecule has 2 saturated heterocycles. The number of imide groups is 1. The lowest BCUT2D eigenvalue weighted by Gasteiger charge is -2.26. The summed E-state index contributed by atoms with van der Waals surface area (Å²) in [7, 11) is 0. The first kappa shape index (κ1) is 24.8. The number of nitrogens with one attached hydrogen (secondary N) is 1. The molecule has 2 aromatic carbocycles. The van der Waals surface area contributed by atoms with E-state index >= 15 is 0 Å². The second kappa shape index (κ2) is 11.4. The largest absolute Gasteiger partial charge is 0.484 e. The third kappa shape index (κ3) is 6.62. The van der Waals surface area contributed by atoms with E-state index in [-0.39, 0.29) is 17.4 Å². The molecule has 0 bridgehead atoms. The van der Waals surface area contributed by atoms with Crippen molar-refractivity contribution in [3.8, 4) is 5.75 Å². The number of hydrogen-bond donors (Lipinski definition) is 1. The van der Waals surface area contributed by atoms with Gasteiger partial charge in [0.1, 0.15) is 12.3 Å². The predicted octanol–water partition coefficient (Wildman–Crippen LogP) is 3.25. The number of ether oxygens (including phenoxy) is 2. The zero-order valence-corrected chi connectivity index (χ0v) is 20.1. The summed E-state index contributed by atoms with van der Waals surface area (Å²) in [4.78, 5) is 52.3. The van der Waals surface area contributed by atoms with Gasteiger partial charge in [0.2, 0.25) is 5.91 Å². The lowest BCUT2D eigenvalue weighted by Crippen LogP contribution is -2.42. The fraction of sp³-hybridized carbons (Fsp3) is 0.250. The molecule has 2 aromatic rings. The minimum absolute atomic E-state index is 0.0731. The predicted molar refractivity (Wildman–Crippen MR) is 132 cm³/mol. The molecule has 4 rings (SSSR count). The van der Waals surface area contributed by atoms with Gasteiger partial charge in [0.15, 0.2) is 6.61 Å². The molecule has 4 amide bonds. The van der Waals surface area contributed by atoms with Crippen LogP contribution in [0.3, 0.4) is 0 Å². The van der Waals surface area contributed by atoms with Crippen LogP contribution in [-0.2, 0) is 19.1 Å². The summed E-state index contributed by atoms with van der Waals surface area (Å²) in [6, 6.07) is 13.3. The summed E-state index contributed by atoms with van der Waals surface area (Å²) in [6.45, 7) is 1.69. The average Bonchev–Trinajstić information content (AvgIpc) is 3.12. The molecule has 9 nitrogen and oxygen atoms in total. The standard InChI is InChI=1S/C24H22ClN3O6S/c25-17-3-5-18(6-4-17)26-21(29)14-28-23(31)20(35-24(28)32)13-16-1-7-19(8-2-16)34-15-22(30)27-9-11-33-12-10-27/h1-8,13H,9-12,14-15H2,(H,26,29)/b20-13+. The van der Waals surface area contributed by atoms with Crippen molar-refractivity contribution in [1.82, 2.24) is 9.80 Å². The quantitative estimate of drug-likeness (QED) is 0.564. The van der Waals surface area contributed by atoms with Gasteiger partial charge in [-0.15, -0.1) is 0 Å². The van der Waals surface area contributed by atoms with Crippen molar-refractivity contribution in [3.05, 3.63) is 64.0 Å². The Labute approximate surface area is 211 Å². The van der Waals surface area contributed by atoms with Crippen LogP contribution in [0.4, 0.5) is 10.5 Å². The molecule has 1 N–H and O–H groups in total. The van der Waals surface area contributed by atoms with E-state index in [1.165, 1.54) is 0 Å². The smallest absolute Gasteiger partial charge is 0.294 e. The highest BCUT2D eigenvalue weighted by molar-refractivity contribution is 8.18. The fourth-order valence-electron chi connectivity index (χ4n) is 3.37. The van der Waals surface area contributed by atoms with Crippen LogP contribution in [0, 0.1) is 0 Å². The van der Waals surface area contributed by atoms with Crippen LogP contribution in [0.1, 0.15) is 5.56 Å². The van der Waals surface area contributed by atoms with E-state index in [0.717, 1.165) is 16.7 Å². The molecule has 2 fully saturated rings. The number of thioether (sulfide) groups is 1. The van der Waals surface area contributed by atoms with Crippen LogP contribution in [-0.4, -0.2) is 72.2 Å². The molecule has 182 valence electrons. The number of hydrogen-bond acceptors (Lipinski definition) is 7. The van der Waals surface area contributed by atoms with Crippen molar-refractivity contribution in [2.75, 3.05) is 44.8 Å². The molecule has 0 aromatic heterocycles. The first-order valence-electron chi connectivity index (χ1n) is 10.8. The van der Waals surface area contributed by atoms with Gasteiger partial charge in [0, 0.05) is 23.8 Å². The normalized spacial score (nSPS) is 17.1. The van der Waals surface area contributed by atoms with Crippen molar-refractivity contribution in [2.24, 2.45) is 0 Å². The van der Waals surface area contributed by atoms with E-state index in [9.17, 15) is 19.2 Å². The van der Waals surface area contributed by atoms with E-state index in [0.29, 0.717) is 48.3 Å². The molecular formula is C24H22ClN3O6S. The zero-order valence-electron chi connectivity index (χ0n) is 18.6. The van der Waals surface area contributed by atoms with Crippen LogP contribution < -0.4 is 10.1 Å². The van der Waals surface area contributed by atoms with Crippen LogP contribution in [0.15, 0.2) is 53.4 Å². The fourth-order valence-corrected chi connectivity index (χ4v) is 4.34. The number of amides is 4. The number of halogens is 1. The zero-order chi connectivity index (χ0) is 24.8. The number of benzene rings is 2. The Bertz CT molecular complexity index is 1150. The molecular weight excluding hydrogens is 494 g/mol. The highest BCUT2D eigenvalue weighted by Crippen LogP contribution is 2.32. The Kier molecular flexibility index (Phi) is 8.06. The van der Waals surface area contributed by atoms with E-state index in [4.69, 9.17) is 21.1 Å². The molecule has 0 radical (unpaired) electrons. The maximum atomic E-state index is 12.7. The van der Waals surface area contributed by atoms with Crippen molar-refractivity contribution in [2.45, 2.75) is 0 Å². The summed E-state index contributed by atoms with van der Waals surface area (Å²) in [5, 5.41) is 2.64. The molecule has 2 heterocycles. The number of anilines is 1. The van der Waals surface area contributed by atoms with Crippen LogP contribution >= 0.6 is 23.4 Å². The van der Waals surface area contributed by atoms with Crippen LogP contribution in [0.25, 0.3) is 6.08 Å². The SMILES string of the molecule is O=C(CN1C(=O)S/C(=C/c2ccc(OCC(=O)N3CCOCC3)cc2)C1=O)Nc1ccc(Cl)cc1. The Morgan fingerprint density at radius 3 is 2.43 bits per heavy atom. The monoisotopic (exact) mass is 515 g/mol. The average molecular weight is 516 g/mol. The number of carbonyl (C=O) groups excluding carboxylic acids is 4. The Morgan fingerprint density at radius 1 is 1.06 bits per heavy atom. The molecule has 0 saturated carbocycles. The molecule has 0 atom stereocenters. The molecule has 2 aliphatic heterocycles. The topological polar surface area (TPSA) is 105 Å². The van der Waals surface area contributed by atoms with Crippen molar-refractivity contribution in [1.29, 1.82) is 0 Å². The van der Waals surface area contributed by atoms with Gasteiger partial charge >= 0.3 is 0 Å². The van der Waals surface area contributed by atoms with Gasteiger partial charge in [-0.25, -0.2) is 0 Å².